The van der Waals surface area contributed by atoms with E-state index in [0.29, 0.717) is 23.0 Å². The van der Waals surface area contributed by atoms with Gasteiger partial charge in [0, 0.05) is 29.5 Å². The Labute approximate surface area is 281 Å². The Morgan fingerprint density at radius 2 is 0.977 bits per heavy atom. The summed E-state index contributed by atoms with van der Waals surface area (Å²) in [6, 6.07) is 33.7. The van der Waals surface area contributed by atoms with E-state index in [0.717, 1.165) is 32.4 Å². The van der Waals surface area contributed by atoms with Crippen LogP contribution in [-0.4, -0.2) is 47.5 Å². The molecule has 0 aliphatic carbocycles. The van der Waals surface area contributed by atoms with E-state index in [4.69, 9.17) is 5.73 Å². The Morgan fingerprint density at radius 3 is 1.32 bits per heavy atom. The zero-order valence-electron chi connectivity index (χ0n) is 29.4. The van der Waals surface area contributed by atoms with Crippen molar-refractivity contribution >= 4 is 15.9 Å². The van der Waals surface area contributed by atoms with Gasteiger partial charge in [0.1, 0.15) is 0 Å². The Morgan fingerprint density at radius 1 is 0.591 bits per heavy atom. The molecular weight excluding hydrogens is 602 g/mol. The molecule has 0 saturated carbocycles. The van der Waals surface area contributed by atoms with Crippen LogP contribution < -0.4 is 11.1 Å². The van der Waals surface area contributed by atoms with Crippen LogP contribution in [0.5, 0.6) is 0 Å². The van der Waals surface area contributed by atoms with E-state index in [1.165, 1.54) is 48.9 Å². The molecule has 3 N–H and O–H groups in total. The highest BCUT2D eigenvalue weighted by atomic mass is 79.9. The van der Waals surface area contributed by atoms with Crippen LogP contribution in [-0.2, 0) is 19.3 Å². The molecule has 0 aromatic heterocycles. The number of hydrogen-bond donors (Lipinski definition) is 2. The van der Waals surface area contributed by atoms with Crippen molar-refractivity contribution in [1.29, 1.82) is 0 Å². The number of alkyl halides is 1. The fourth-order valence-electron chi connectivity index (χ4n) is 4.31. The van der Waals surface area contributed by atoms with Gasteiger partial charge in [0.25, 0.3) is 0 Å². The van der Waals surface area contributed by atoms with Crippen LogP contribution in [0.25, 0.3) is 0 Å². The molecule has 44 heavy (non-hydrogen) atoms. The van der Waals surface area contributed by atoms with Gasteiger partial charge in [-0.15, -0.1) is 0 Å². The van der Waals surface area contributed by atoms with Crippen molar-refractivity contribution in [2.45, 2.75) is 123 Å². The van der Waals surface area contributed by atoms with E-state index in [2.05, 4.69) is 154 Å². The average molecular weight is 669 g/mol. The van der Waals surface area contributed by atoms with Gasteiger partial charge < -0.3 is 11.1 Å². The minimum absolute atomic E-state index is 0.642. The molecular formula is C40H66BrN3. The number of halogens is 1. The SMILES string of the molecule is CCC(C)Br.CCC(C)N(CCc1ccccc1)C(C)CC.CCC(C)NCCc1ccccc1.NCCc1ccccc1. The summed E-state index contributed by atoms with van der Waals surface area (Å²) >= 11 is 3.37. The molecule has 0 saturated heterocycles. The normalized spacial score (nSPS) is 13.2. The number of rotatable bonds is 15. The van der Waals surface area contributed by atoms with Crippen molar-refractivity contribution in [3.63, 3.8) is 0 Å². The smallest absolute Gasteiger partial charge is 0.0114 e. The quantitative estimate of drug-likeness (QED) is 0.158. The summed E-state index contributed by atoms with van der Waals surface area (Å²) in [6.07, 6.45) is 8.18. The third-order valence-corrected chi connectivity index (χ3v) is 8.66. The Kier molecular flexibility index (Phi) is 27.2. The van der Waals surface area contributed by atoms with Crippen LogP contribution in [0.1, 0.15) is 97.8 Å². The number of benzene rings is 3. The van der Waals surface area contributed by atoms with Gasteiger partial charge >= 0.3 is 0 Å². The Hall–Kier alpha value is -1.98. The van der Waals surface area contributed by atoms with Gasteiger partial charge in [0.15, 0.2) is 0 Å². The molecule has 3 aromatic rings. The summed E-state index contributed by atoms with van der Waals surface area (Å²) in [5.74, 6) is 0. The molecule has 0 heterocycles. The lowest BCUT2D eigenvalue weighted by atomic mass is 10.1. The van der Waals surface area contributed by atoms with Gasteiger partial charge in [-0.25, -0.2) is 0 Å². The molecule has 0 fully saturated rings. The van der Waals surface area contributed by atoms with Crippen molar-refractivity contribution < 1.29 is 0 Å². The largest absolute Gasteiger partial charge is 0.330 e. The molecule has 3 rings (SSSR count). The van der Waals surface area contributed by atoms with Gasteiger partial charge in [0.05, 0.1) is 0 Å². The highest BCUT2D eigenvalue weighted by molar-refractivity contribution is 9.09. The summed E-state index contributed by atoms with van der Waals surface area (Å²) in [5, 5.41) is 3.48. The summed E-state index contributed by atoms with van der Waals surface area (Å²) in [6.45, 7) is 21.0. The Balaban J connectivity index is 0.000000606. The maximum atomic E-state index is 5.36. The number of nitrogens with zero attached hydrogens (tertiary/aromatic N) is 1. The molecule has 4 heteroatoms. The van der Waals surface area contributed by atoms with Crippen LogP contribution in [0.2, 0.25) is 0 Å². The van der Waals surface area contributed by atoms with Gasteiger partial charge in [-0.1, -0.05) is 142 Å². The standard InChI is InChI=1S/C16H27N.C12H19N.C8H11N.C4H9Br/c1-5-14(3)17(15(4)6-2)13-12-16-10-8-7-9-11-16;1-3-11(2)13-10-9-12-7-5-4-6-8-12;9-7-6-8-4-2-1-3-5-8;1-3-4(2)5/h7-11,14-15H,5-6,12-13H2,1-4H3;4-8,11,13H,3,9-10H2,1-2H3;1-5H,6-7,9H2;4H,3H2,1-2H3. The van der Waals surface area contributed by atoms with Crippen molar-refractivity contribution in [3.8, 4) is 0 Å². The maximum Gasteiger partial charge on any atom is 0.0114 e. The predicted octanol–water partition coefficient (Wildman–Crippen LogP) is 10.1. The van der Waals surface area contributed by atoms with Crippen LogP contribution in [0.3, 0.4) is 0 Å². The first-order valence-electron chi connectivity index (χ1n) is 17.2. The van der Waals surface area contributed by atoms with Gasteiger partial charge in [-0.05, 0) is 95.5 Å². The van der Waals surface area contributed by atoms with Gasteiger partial charge in [-0.2, -0.15) is 0 Å². The molecule has 3 nitrogen and oxygen atoms in total. The van der Waals surface area contributed by atoms with Crippen LogP contribution in [0.4, 0.5) is 0 Å². The number of hydrogen-bond acceptors (Lipinski definition) is 3. The van der Waals surface area contributed by atoms with E-state index in [9.17, 15) is 0 Å². The summed E-state index contributed by atoms with van der Waals surface area (Å²) in [7, 11) is 0. The lowest BCUT2D eigenvalue weighted by molar-refractivity contribution is 0.148. The second-order valence-electron chi connectivity index (χ2n) is 11.7. The first kappa shape index (κ1) is 42.0. The minimum Gasteiger partial charge on any atom is -0.330 e. The minimum atomic E-state index is 0.642. The van der Waals surface area contributed by atoms with Gasteiger partial charge in [-0.3, -0.25) is 4.90 Å². The molecule has 0 spiro atoms. The second kappa shape index (κ2) is 28.5. The third kappa shape index (κ3) is 22.5. The molecule has 248 valence electrons. The highest BCUT2D eigenvalue weighted by Crippen LogP contribution is 2.13. The van der Waals surface area contributed by atoms with Crippen molar-refractivity contribution in [3.05, 3.63) is 108 Å². The molecule has 4 atom stereocenters. The molecule has 0 radical (unpaired) electrons. The zero-order valence-corrected chi connectivity index (χ0v) is 31.0. The summed E-state index contributed by atoms with van der Waals surface area (Å²) < 4.78 is 0. The summed E-state index contributed by atoms with van der Waals surface area (Å²) in [5.41, 5.74) is 9.54. The van der Waals surface area contributed by atoms with Crippen molar-refractivity contribution in [2.24, 2.45) is 5.73 Å². The van der Waals surface area contributed by atoms with Crippen LogP contribution in [0.15, 0.2) is 91.0 Å². The van der Waals surface area contributed by atoms with E-state index in [-0.39, 0.29) is 0 Å². The molecule has 0 aliphatic heterocycles. The number of nitrogens with one attached hydrogen (secondary N) is 1. The van der Waals surface area contributed by atoms with E-state index in [1.54, 1.807) is 0 Å². The molecule has 4 unspecified atom stereocenters. The predicted molar refractivity (Wildman–Crippen MR) is 202 cm³/mol. The third-order valence-electron chi connectivity index (χ3n) is 8.02. The van der Waals surface area contributed by atoms with Crippen molar-refractivity contribution in [2.75, 3.05) is 19.6 Å². The second-order valence-corrected chi connectivity index (χ2v) is 13.3. The zero-order chi connectivity index (χ0) is 33.0. The molecule has 0 amide bonds. The average Bonchev–Trinajstić information content (AvgIpc) is 3.07. The van der Waals surface area contributed by atoms with E-state index in [1.807, 2.05) is 18.2 Å². The lowest BCUT2D eigenvalue weighted by Crippen LogP contribution is -2.41. The topological polar surface area (TPSA) is 41.3 Å². The van der Waals surface area contributed by atoms with Gasteiger partial charge in [0.2, 0.25) is 0 Å². The monoisotopic (exact) mass is 667 g/mol. The van der Waals surface area contributed by atoms with Crippen molar-refractivity contribution in [1.82, 2.24) is 10.2 Å². The summed E-state index contributed by atoms with van der Waals surface area (Å²) in [4.78, 5) is 3.34. The lowest BCUT2D eigenvalue weighted by Gasteiger charge is -2.33. The molecule has 0 aliphatic rings. The molecule has 0 bridgehead atoms. The fraction of sp³-hybridized carbons (Fsp3) is 0.550. The fourth-order valence-corrected chi connectivity index (χ4v) is 4.31. The first-order chi connectivity index (χ1) is 21.2. The van der Waals surface area contributed by atoms with E-state index >= 15 is 0 Å². The number of nitrogens with two attached hydrogens (primary N) is 1. The Bertz CT molecular complexity index is 971. The first-order valence-corrected chi connectivity index (χ1v) is 18.1. The maximum absolute atomic E-state index is 5.36. The molecule has 3 aromatic carbocycles. The highest BCUT2D eigenvalue weighted by Gasteiger charge is 2.17. The van der Waals surface area contributed by atoms with E-state index < -0.39 is 0 Å². The van der Waals surface area contributed by atoms with Crippen LogP contribution >= 0.6 is 15.9 Å². The van der Waals surface area contributed by atoms with Crippen LogP contribution in [0, 0.1) is 0 Å².